The maximum absolute atomic E-state index is 13.3. The molecule has 0 spiro atoms. The third kappa shape index (κ3) is 7.07. The quantitative estimate of drug-likeness (QED) is 0.543. The lowest BCUT2D eigenvalue weighted by atomic mass is 9.88. The number of amides is 1. The van der Waals surface area contributed by atoms with Crippen LogP contribution in [0, 0.1) is 11.8 Å². The summed E-state index contributed by atoms with van der Waals surface area (Å²) >= 11 is 0. The van der Waals surface area contributed by atoms with E-state index in [-0.39, 0.29) is 30.1 Å². The van der Waals surface area contributed by atoms with Gasteiger partial charge in [0.15, 0.2) is 5.78 Å². The van der Waals surface area contributed by atoms with Gasteiger partial charge in [-0.15, -0.1) is 0 Å². The zero-order valence-corrected chi connectivity index (χ0v) is 20.3. The first kappa shape index (κ1) is 25.8. The predicted octanol–water partition coefficient (Wildman–Crippen LogP) is 2.21. The van der Waals surface area contributed by atoms with Crippen molar-refractivity contribution in [3.05, 3.63) is 47.9 Å². The summed E-state index contributed by atoms with van der Waals surface area (Å²) in [6, 6.07) is 8.62. The third-order valence-electron chi connectivity index (χ3n) is 5.73. The first-order valence-corrected chi connectivity index (χ1v) is 13.0. The summed E-state index contributed by atoms with van der Waals surface area (Å²) in [6.45, 7) is 4.07. The van der Waals surface area contributed by atoms with Gasteiger partial charge in [-0.1, -0.05) is 37.2 Å². The van der Waals surface area contributed by atoms with Gasteiger partial charge < -0.3 is 9.84 Å². The van der Waals surface area contributed by atoms with E-state index >= 15 is 0 Å². The number of nitrogens with zero attached hydrogens (tertiary/aromatic N) is 1. The number of carbonyl (C=O) groups is 3. The van der Waals surface area contributed by atoms with Crippen molar-refractivity contribution in [1.82, 2.24) is 15.2 Å². The van der Waals surface area contributed by atoms with E-state index in [1.165, 1.54) is 12.1 Å². The number of ketones is 2. The van der Waals surface area contributed by atoms with Gasteiger partial charge in [-0.25, -0.2) is 13.1 Å². The zero-order valence-electron chi connectivity index (χ0n) is 19.5. The normalized spacial score (nSPS) is 18.6. The monoisotopic (exact) mass is 489 g/mol. The first-order chi connectivity index (χ1) is 16.2. The highest BCUT2D eigenvalue weighted by Crippen LogP contribution is 2.20. The van der Waals surface area contributed by atoms with Crippen LogP contribution in [0.3, 0.4) is 0 Å². The van der Waals surface area contributed by atoms with Crippen molar-refractivity contribution in [1.29, 1.82) is 0 Å². The molecule has 1 amide bonds. The molecule has 34 heavy (non-hydrogen) atoms. The number of aromatic nitrogens is 1. The summed E-state index contributed by atoms with van der Waals surface area (Å²) < 4.78 is 33.5. The van der Waals surface area contributed by atoms with Gasteiger partial charge in [-0.2, -0.15) is 0 Å². The van der Waals surface area contributed by atoms with Crippen LogP contribution in [0.4, 0.5) is 0 Å². The number of aryl methyl sites for hydroxylation is 2. The Hall–Kier alpha value is -2.85. The molecule has 2 unspecified atom stereocenters. The lowest BCUT2D eigenvalue weighted by Gasteiger charge is -2.22. The Bertz CT molecular complexity index is 1110. The molecule has 2 heterocycles. The average molecular weight is 490 g/mol. The number of benzene rings is 1. The highest BCUT2D eigenvalue weighted by molar-refractivity contribution is 7.89. The molecule has 1 aliphatic heterocycles. The van der Waals surface area contributed by atoms with Gasteiger partial charge in [-0.05, 0) is 43.7 Å². The lowest BCUT2D eigenvalue weighted by Crippen LogP contribution is -2.44. The topological polar surface area (TPSA) is 135 Å². The molecule has 9 nitrogen and oxygen atoms in total. The highest BCUT2D eigenvalue weighted by Gasteiger charge is 2.32. The molecular weight excluding hydrogens is 458 g/mol. The lowest BCUT2D eigenvalue weighted by molar-refractivity contribution is -0.141. The molecular formula is C24H31N3O6S. The Kier molecular flexibility index (Phi) is 8.73. The molecule has 0 aliphatic carbocycles. The molecule has 184 valence electrons. The van der Waals surface area contributed by atoms with E-state index in [2.05, 4.69) is 15.2 Å². The molecule has 2 N–H and O–H groups in total. The molecule has 2 atom stereocenters. The Morgan fingerprint density at radius 1 is 1.21 bits per heavy atom. The Balaban J connectivity index is 1.79. The molecule has 0 saturated heterocycles. The molecule has 0 fully saturated rings. The second-order valence-electron chi connectivity index (χ2n) is 9.03. The third-order valence-corrected chi connectivity index (χ3v) is 7.22. The number of sulfonamides is 1. The summed E-state index contributed by atoms with van der Waals surface area (Å²) in [5, 5.41) is 6.61. The first-order valence-electron chi connectivity index (χ1n) is 11.5. The van der Waals surface area contributed by atoms with E-state index in [4.69, 9.17) is 4.52 Å². The average Bonchev–Trinajstić information content (AvgIpc) is 3.25. The fourth-order valence-electron chi connectivity index (χ4n) is 3.93. The second kappa shape index (κ2) is 11.5. The molecule has 1 aliphatic rings. The molecule has 10 heteroatoms. The largest absolute Gasteiger partial charge is 0.361 e. The van der Waals surface area contributed by atoms with E-state index in [0.29, 0.717) is 37.3 Å². The molecule has 3 rings (SSSR count). The second-order valence-corrected chi connectivity index (χ2v) is 10.7. The molecule has 2 aromatic rings. The molecule has 0 saturated carbocycles. The number of Topliss-reactive ketones (excluding diaryl/α,β-unsaturated/α-hetero) is 2. The number of nitrogens with one attached hydrogen (secondary N) is 2. The fraction of sp³-hybridized carbons (Fsp3) is 0.500. The maximum atomic E-state index is 13.3. The van der Waals surface area contributed by atoms with Crippen molar-refractivity contribution in [3.8, 4) is 0 Å². The van der Waals surface area contributed by atoms with Crippen LogP contribution in [-0.2, 0) is 37.2 Å². The van der Waals surface area contributed by atoms with Crippen molar-refractivity contribution < 1.29 is 27.3 Å². The highest BCUT2D eigenvalue weighted by atomic mass is 32.2. The van der Waals surface area contributed by atoms with E-state index in [9.17, 15) is 22.8 Å². The van der Waals surface area contributed by atoms with E-state index in [1.807, 2.05) is 19.9 Å². The molecule has 2 bridgehead atoms. The standard InChI is InChI=1S/C24H31N3O6S/c1-16(2)13-21(27-34(31,32)20-8-4-3-5-9-20)22(28)14-17-10-11-18-15-19(33-26-18)7-6-12-25-24(30)23(17)29/h3-5,8-9,15-17,21,27H,6-7,10-14H2,1-2H3,(H,25,30). The number of rotatable bonds is 8. The number of carbonyl (C=O) groups excluding carboxylic acids is 3. The number of hydrogen-bond acceptors (Lipinski definition) is 7. The minimum Gasteiger partial charge on any atom is -0.361 e. The van der Waals surface area contributed by atoms with E-state index < -0.39 is 39.5 Å². The summed E-state index contributed by atoms with van der Waals surface area (Å²) in [7, 11) is -3.93. The van der Waals surface area contributed by atoms with Crippen LogP contribution in [0.25, 0.3) is 0 Å². The van der Waals surface area contributed by atoms with Gasteiger partial charge in [0.2, 0.25) is 15.8 Å². The van der Waals surface area contributed by atoms with Gasteiger partial charge in [0.05, 0.1) is 16.6 Å². The fourth-order valence-corrected chi connectivity index (χ4v) is 5.19. The summed E-state index contributed by atoms with van der Waals surface area (Å²) in [5.41, 5.74) is 0.657. The van der Waals surface area contributed by atoms with E-state index in [1.54, 1.807) is 18.2 Å². The van der Waals surface area contributed by atoms with Gasteiger partial charge >= 0.3 is 0 Å². The van der Waals surface area contributed by atoms with Gasteiger partial charge in [0, 0.05) is 31.4 Å². The maximum Gasteiger partial charge on any atom is 0.287 e. The number of hydrogen-bond donors (Lipinski definition) is 2. The Morgan fingerprint density at radius 3 is 2.65 bits per heavy atom. The van der Waals surface area contributed by atoms with Gasteiger partial charge in [0.1, 0.15) is 5.76 Å². The summed E-state index contributed by atoms with van der Waals surface area (Å²) in [4.78, 5) is 38.6. The van der Waals surface area contributed by atoms with Gasteiger partial charge in [0.25, 0.3) is 5.91 Å². The van der Waals surface area contributed by atoms with Crippen molar-refractivity contribution in [3.63, 3.8) is 0 Å². The Labute approximate surface area is 199 Å². The predicted molar refractivity (Wildman–Crippen MR) is 124 cm³/mol. The van der Waals surface area contributed by atoms with Crippen LogP contribution in [0.1, 0.15) is 51.0 Å². The van der Waals surface area contributed by atoms with Crippen LogP contribution in [0.15, 0.2) is 45.8 Å². The van der Waals surface area contributed by atoms with Crippen molar-refractivity contribution in [2.75, 3.05) is 6.54 Å². The molecule has 1 aromatic heterocycles. The zero-order chi connectivity index (χ0) is 24.7. The van der Waals surface area contributed by atoms with Crippen molar-refractivity contribution in [2.45, 2.75) is 63.3 Å². The number of fused-ring (bicyclic) bond motifs is 2. The van der Waals surface area contributed by atoms with E-state index in [0.717, 1.165) is 0 Å². The minimum atomic E-state index is -3.93. The summed E-state index contributed by atoms with van der Waals surface area (Å²) in [5.74, 6) is -1.98. The minimum absolute atomic E-state index is 0.0243. The SMILES string of the molecule is CC(C)CC(NS(=O)(=O)c1ccccc1)C(=O)CC1CCc2cc(on2)CCCNC(=O)C1=O. The summed E-state index contributed by atoms with van der Waals surface area (Å²) in [6.07, 6.45) is 1.81. The van der Waals surface area contributed by atoms with Crippen LogP contribution in [-0.4, -0.2) is 43.6 Å². The molecule has 0 radical (unpaired) electrons. The van der Waals surface area contributed by atoms with Crippen LogP contribution in [0.2, 0.25) is 0 Å². The van der Waals surface area contributed by atoms with Crippen LogP contribution >= 0.6 is 0 Å². The van der Waals surface area contributed by atoms with Crippen LogP contribution in [0.5, 0.6) is 0 Å². The van der Waals surface area contributed by atoms with Crippen LogP contribution < -0.4 is 10.0 Å². The van der Waals surface area contributed by atoms with Crippen molar-refractivity contribution >= 4 is 27.5 Å². The van der Waals surface area contributed by atoms with Crippen molar-refractivity contribution in [2.24, 2.45) is 11.8 Å². The Morgan fingerprint density at radius 2 is 1.94 bits per heavy atom. The van der Waals surface area contributed by atoms with Gasteiger partial charge in [-0.3, -0.25) is 14.4 Å². The smallest absolute Gasteiger partial charge is 0.287 e. The molecule has 1 aromatic carbocycles.